The van der Waals surface area contributed by atoms with Crippen LogP contribution >= 0.6 is 11.8 Å². The van der Waals surface area contributed by atoms with Crippen molar-refractivity contribution in [1.29, 1.82) is 0 Å². The molecule has 0 aromatic rings. The van der Waals surface area contributed by atoms with Crippen molar-refractivity contribution in [2.24, 2.45) is 11.1 Å². The standard InChI is InChI=1S/C15H32N2S/c1-14(7-12-18-3)17(2)11-10-15(13-16)8-5-4-6-9-15/h14H,4-13,16H2,1-3H3. The van der Waals surface area contributed by atoms with E-state index in [9.17, 15) is 0 Å². The average Bonchev–Trinajstić information content (AvgIpc) is 2.43. The predicted octanol–water partition coefficient (Wildman–Crippen LogP) is 3.36. The van der Waals surface area contributed by atoms with Crippen molar-refractivity contribution in [2.45, 2.75) is 57.9 Å². The first-order valence-corrected chi connectivity index (χ1v) is 8.92. The van der Waals surface area contributed by atoms with Gasteiger partial charge in [0.05, 0.1) is 0 Å². The summed E-state index contributed by atoms with van der Waals surface area (Å²) in [6.07, 6.45) is 11.7. The lowest BCUT2D eigenvalue weighted by atomic mass is 9.72. The summed E-state index contributed by atoms with van der Waals surface area (Å²) in [7, 11) is 2.28. The number of nitrogens with zero attached hydrogens (tertiary/aromatic N) is 1. The Morgan fingerprint density at radius 2 is 1.94 bits per heavy atom. The monoisotopic (exact) mass is 272 g/mol. The van der Waals surface area contributed by atoms with Gasteiger partial charge in [0.1, 0.15) is 0 Å². The second kappa shape index (κ2) is 8.44. The Morgan fingerprint density at radius 1 is 1.28 bits per heavy atom. The molecule has 0 aliphatic heterocycles. The largest absolute Gasteiger partial charge is 0.330 e. The quantitative estimate of drug-likeness (QED) is 0.734. The fraction of sp³-hybridized carbons (Fsp3) is 1.00. The maximum absolute atomic E-state index is 6.06. The summed E-state index contributed by atoms with van der Waals surface area (Å²) in [5.74, 6) is 1.27. The van der Waals surface area contributed by atoms with Crippen LogP contribution in [-0.4, -0.2) is 43.1 Å². The Morgan fingerprint density at radius 3 is 2.50 bits per heavy atom. The minimum Gasteiger partial charge on any atom is -0.330 e. The Bertz CT molecular complexity index is 215. The molecule has 0 saturated heterocycles. The third-order valence-corrected chi connectivity index (χ3v) is 5.48. The van der Waals surface area contributed by atoms with Crippen molar-refractivity contribution in [2.75, 3.05) is 32.1 Å². The third kappa shape index (κ3) is 5.10. The van der Waals surface area contributed by atoms with E-state index in [-0.39, 0.29) is 0 Å². The summed E-state index contributed by atoms with van der Waals surface area (Å²) in [5, 5.41) is 0. The fourth-order valence-electron chi connectivity index (χ4n) is 3.00. The highest BCUT2D eigenvalue weighted by atomic mass is 32.2. The van der Waals surface area contributed by atoms with E-state index in [4.69, 9.17) is 5.73 Å². The molecular formula is C15H32N2S. The molecule has 18 heavy (non-hydrogen) atoms. The molecule has 0 amide bonds. The molecule has 0 bridgehead atoms. The van der Waals surface area contributed by atoms with Crippen molar-refractivity contribution < 1.29 is 0 Å². The predicted molar refractivity (Wildman–Crippen MR) is 84.3 cm³/mol. The van der Waals surface area contributed by atoms with Crippen molar-refractivity contribution in [1.82, 2.24) is 4.90 Å². The molecule has 1 rings (SSSR count). The van der Waals surface area contributed by atoms with Gasteiger partial charge in [-0.25, -0.2) is 0 Å². The van der Waals surface area contributed by atoms with Crippen molar-refractivity contribution in [3.8, 4) is 0 Å². The second-order valence-electron chi connectivity index (χ2n) is 6.13. The molecule has 1 unspecified atom stereocenters. The number of nitrogens with two attached hydrogens (primary N) is 1. The first kappa shape index (κ1) is 16.3. The minimum atomic E-state index is 0.464. The zero-order valence-corrected chi connectivity index (χ0v) is 13.4. The van der Waals surface area contributed by atoms with E-state index in [0.717, 1.165) is 6.54 Å². The van der Waals surface area contributed by atoms with Gasteiger partial charge in [-0.05, 0) is 70.2 Å². The van der Waals surface area contributed by atoms with Crippen LogP contribution in [0.5, 0.6) is 0 Å². The van der Waals surface area contributed by atoms with Crippen LogP contribution in [0.1, 0.15) is 51.9 Å². The maximum atomic E-state index is 6.06. The molecule has 3 heteroatoms. The van der Waals surface area contributed by atoms with Crippen LogP contribution in [-0.2, 0) is 0 Å². The SMILES string of the molecule is CSCCC(C)N(C)CCC1(CN)CCCCC1. The van der Waals surface area contributed by atoms with Gasteiger partial charge < -0.3 is 10.6 Å². The Hall–Kier alpha value is 0.270. The van der Waals surface area contributed by atoms with Gasteiger partial charge in [-0.3, -0.25) is 0 Å². The summed E-state index contributed by atoms with van der Waals surface area (Å²) in [6.45, 7) is 4.46. The van der Waals surface area contributed by atoms with Crippen molar-refractivity contribution >= 4 is 11.8 Å². The first-order chi connectivity index (χ1) is 8.63. The maximum Gasteiger partial charge on any atom is 0.00717 e. The highest BCUT2D eigenvalue weighted by molar-refractivity contribution is 7.98. The molecule has 108 valence electrons. The van der Waals surface area contributed by atoms with Crippen LogP contribution in [0.3, 0.4) is 0 Å². The van der Waals surface area contributed by atoms with Gasteiger partial charge in [0.2, 0.25) is 0 Å². The van der Waals surface area contributed by atoms with E-state index in [1.54, 1.807) is 0 Å². The minimum absolute atomic E-state index is 0.464. The zero-order valence-electron chi connectivity index (χ0n) is 12.6. The summed E-state index contributed by atoms with van der Waals surface area (Å²) in [5.41, 5.74) is 6.52. The lowest BCUT2D eigenvalue weighted by Gasteiger charge is -2.38. The third-order valence-electron chi connectivity index (χ3n) is 4.83. The van der Waals surface area contributed by atoms with Gasteiger partial charge in [0.15, 0.2) is 0 Å². The highest BCUT2D eigenvalue weighted by Gasteiger charge is 2.30. The van der Waals surface area contributed by atoms with Crippen LogP contribution in [0.2, 0.25) is 0 Å². The second-order valence-corrected chi connectivity index (χ2v) is 7.11. The molecule has 1 atom stereocenters. The molecule has 1 aliphatic rings. The van der Waals surface area contributed by atoms with E-state index in [1.165, 1.54) is 57.2 Å². The highest BCUT2D eigenvalue weighted by Crippen LogP contribution is 2.38. The molecule has 1 aliphatic carbocycles. The number of hydrogen-bond acceptors (Lipinski definition) is 3. The molecular weight excluding hydrogens is 240 g/mol. The van der Waals surface area contributed by atoms with Gasteiger partial charge in [-0.1, -0.05) is 19.3 Å². The van der Waals surface area contributed by atoms with E-state index in [1.807, 2.05) is 11.8 Å². The molecule has 0 radical (unpaired) electrons. The van der Waals surface area contributed by atoms with E-state index in [2.05, 4.69) is 25.1 Å². The molecule has 0 spiro atoms. The van der Waals surface area contributed by atoms with Crippen LogP contribution < -0.4 is 5.73 Å². The Labute approximate surface area is 118 Å². The van der Waals surface area contributed by atoms with Gasteiger partial charge in [0, 0.05) is 6.04 Å². The van der Waals surface area contributed by atoms with Crippen molar-refractivity contribution in [3.05, 3.63) is 0 Å². The van der Waals surface area contributed by atoms with Crippen LogP contribution in [0, 0.1) is 5.41 Å². The summed E-state index contributed by atoms with van der Waals surface area (Å²) in [6, 6.07) is 0.705. The molecule has 1 fully saturated rings. The fourth-order valence-corrected chi connectivity index (χ4v) is 3.58. The van der Waals surface area contributed by atoms with Gasteiger partial charge >= 0.3 is 0 Å². The summed E-state index contributed by atoms with van der Waals surface area (Å²) >= 11 is 1.95. The molecule has 2 N–H and O–H groups in total. The van der Waals surface area contributed by atoms with Gasteiger partial charge in [0.25, 0.3) is 0 Å². The number of thioether (sulfide) groups is 1. The zero-order chi connectivity index (χ0) is 13.4. The molecule has 0 aromatic heterocycles. The molecule has 0 heterocycles. The number of rotatable bonds is 8. The molecule has 0 aromatic carbocycles. The van der Waals surface area contributed by atoms with Crippen LogP contribution in [0.25, 0.3) is 0 Å². The van der Waals surface area contributed by atoms with Crippen molar-refractivity contribution in [3.63, 3.8) is 0 Å². The molecule has 1 saturated carbocycles. The first-order valence-electron chi connectivity index (χ1n) is 7.53. The topological polar surface area (TPSA) is 29.3 Å². The smallest absolute Gasteiger partial charge is 0.00717 e. The summed E-state index contributed by atoms with van der Waals surface area (Å²) < 4.78 is 0. The normalized spacial score (nSPS) is 21.2. The van der Waals surface area contributed by atoms with E-state index < -0.39 is 0 Å². The summed E-state index contributed by atoms with van der Waals surface area (Å²) in [4.78, 5) is 2.53. The Kier molecular flexibility index (Phi) is 7.66. The lowest BCUT2D eigenvalue weighted by Crippen LogP contribution is -2.38. The Balaban J connectivity index is 2.32. The number of hydrogen-bond donors (Lipinski definition) is 1. The van der Waals surface area contributed by atoms with E-state index in [0.29, 0.717) is 11.5 Å². The van der Waals surface area contributed by atoms with Crippen LogP contribution in [0.4, 0.5) is 0 Å². The van der Waals surface area contributed by atoms with Crippen LogP contribution in [0.15, 0.2) is 0 Å². The van der Waals surface area contributed by atoms with E-state index >= 15 is 0 Å². The average molecular weight is 273 g/mol. The van der Waals surface area contributed by atoms with Gasteiger partial charge in [-0.2, -0.15) is 11.8 Å². The molecule has 2 nitrogen and oxygen atoms in total. The lowest BCUT2D eigenvalue weighted by molar-refractivity contribution is 0.142. The van der Waals surface area contributed by atoms with Gasteiger partial charge in [-0.15, -0.1) is 0 Å².